The minimum Gasteiger partial charge on any atom is -0.497 e. The van der Waals surface area contributed by atoms with Gasteiger partial charge in [-0.1, -0.05) is 36.4 Å². The summed E-state index contributed by atoms with van der Waals surface area (Å²) in [5, 5.41) is 10.8. The van der Waals surface area contributed by atoms with Gasteiger partial charge in [-0.05, 0) is 68.0 Å². The second-order valence-corrected chi connectivity index (χ2v) is 6.98. The van der Waals surface area contributed by atoms with Gasteiger partial charge in [0.05, 0.1) is 13.2 Å². The smallest absolute Gasteiger partial charge is 0.119 e. The molecular weight excluding hydrogens is 310 g/mol. The van der Waals surface area contributed by atoms with E-state index in [4.69, 9.17) is 4.74 Å². The van der Waals surface area contributed by atoms with Crippen molar-refractivity contribution in [1.82, 2.24) is 4.90 Å². The van der Waals surface area contributed by atoms with E-state index in [-0.39, 0.29) is 6.04 Å². The second-order valence-electron chi connectivity index (χ2n) is 6.98. The molecule has 3 nitrogen and oxygen atoms in total. The monoisotopic (exact) mass is 339 g/mol. The lowest BCUT2D eigenvalue weighted by Crippen LogP contribution is -2.37. The van der Waals surface area contributed by atoms with E-state index in [2.05, 4.69) is 48.2 Å². The van der Waals surface area contributed by atoms with Crippen LogP contribution in [0.15, 0.2) is 48.5 Å². The molecule has 0 aromatic heterocycles. The average Bonchev–Trinajstić information content (AvgIpc) is 2.77. The zero-order valence-electron chi connectivity index (χ0n) is 15.3. The molecule has 2 atom stereocenters. The SMILES string of the molecule is COc1ccc2c(c1)CCN(CCCCc1ccccc1)[C@@H](C)[C@H]2O. The van der Waals surface area contributed by atoms with E-state index in [1.807, 2.05) is 12.1 Å². The van der Waals surface area contributed by atoms with Crippen molar-refractivity contribution in [2.45, 2.75) is 44.8 Å². The topological polar surface area (TPSA) is 32.7 Å². The lowest BCUT2D eigenvalue weighted by molar-refractivity contribution is 0.0635. The quantitative estimate of drug-likeness (QED) is 0.808. The van der Waals surface area contributed by atoms with Crippen LogP contribution in [0, 0.1) is 0 Å². The summed E-state index contributed by atoms with van der Waals surface area (Å²) in [6.45, 7) is 4.17. The Hall–Kier alpha value is -1.84. The normalized spacial score (nSPS) is 20.8. The Labute approximate surface area is 151 Å². The molecule has 2 aromatic carbocycles. The van der Waals surface area contributed by atoms with Crippen molar-refractivity contribution in [1.29, 1.82) is 0 Å². The third-order valence-corrected chi connectivity index (χ3v) is 5.37. The number of hydrogen-bond acceptors (Lipinski definition) is 3. The van der Waals surface area contributed by atoms with Gasteiger partial charge in [0.2, 0.25) is 0 Å². The summed E-state index contributed by atoms with van der Waals surface area (Å²) < 4.78 is 5.34. The van der Waals surface area contributed by atoms with Crippen molar-refractivity contribution in [3.63, 3.8) is 0 Å². The maximum Gasteiger partial charge on any atom is 0.119 e. The Kier molecular flexibility index (Phi) is 6.11. The van der Waals surface area contributed by atoms with Gasteiger partial charge in [0.1, 0.15) is 5.75 Å². The minimum atomic E-state index is -0.433. The van der Waals surface area contributed by atoms with E-state index in [0.29, 0.717) is 0 Å². The van der Waals surface area contributed by atoms with Gasteiger partial charge in [-0.3, -0.25) is 4.90 Å². The highest BCUT2D eigenvalue weighted by Gasteiger charge is 2.28. The van der Waals surface area contributed by atoms with Crippen LogP contribution < -0.4 is 4.74 Å². The number of methoxy groups -OCH3 is 1. The maximum absolute atomic E-state index is 10.8. The fourth-order valence-electron chi connectivity index (χ4n) is 3.75. The average molecular weight is 339 g/mol. The maximum atomic E-state index is 10.8. The Balaban J connectivity index is 1.57. The summed E-state index contributed by atoms with van der Waals surface area (Å²) >= 11 is 0. The molecule has 0 spiro atoms. The van der Waals surface area contributed by atoms with Crippen LogP contribution in [0.3, 0.4) is 0 Å². The Bertz CT molecular complexity index is 671. The molecule has 1 aliphatic heterocycles. The predicted molar refractivity (Wildman–Crippen MR) is 102 cm³/mol. The molecule has 25 heavy (non-hydrogen) atoms. The first kappa shape index (κ1) is 18.0. The molecule has 0 radical (unpaired) electrons. The van der Waals surface area contributed by atoms with Crippen LogP contribution in [-0.2, 0) is 12.8 Å². The molecule has 0 unspecified atom stereocenters. The number of fused-ring (bicyclic) bond motifs is 1. The predicted octanol–water partition coefficient (Wildman–Crippen LogP) is 4.00. The van der Waals surface area contributed by atoms with Crippen LogP contribution in [0.1, 0.15) is 42.6 Å². The number of aryl methyl sites for hydroxylation is 1. The highest BCUT2D eigenvalue weighted by atomic mass is 16.5. The van der Waals surface area contributed by atoms with E-state index in [1.54, 1.807) is 7.11 Å². The number of unbranched alkanes of at least 4 members (excludes halogenated alkanes) is 1. The van der Waals surface area contributed by atoms with Crippen LogP contribution in [-0.4, -0.2) is 36.2 Å². The fraction of sp³-hybridized carbons (Fsp3) is 0.455. The molecule has 3 heteroatoms. The molecule has 1 N–H and O–H groups in total. The first-order chi connectivity index (χ1) is 12.2. The van der Waals surface area contributed by atoms with Gasteiger partial charge in [-0.2, -0.15) is 0 Å². The molecule has 0 saturated heterocycles. The van der Waals surface area contributed by atoms with E-state index in [1.165, 1.54) is 17.5 Å². The van der Waals surface area contributed by atoms with Crippen molar-refractivity contribution in [3.05, 3.63) is 65.2 Å². The van der Waals surface area contributed by atoms with Crippen LogP contribution in [0.2, 0.25) is 0 Å². The summed E-state index contributed by atoms with van der Waals surface area (Å²) in [4.78, 5) is 2.43. The van der Waals surface area contributed by atoms with Gasteiger partial charge >= 0.3 is 0 Å². The first-order valence-electron chi connectivity index (χ1n) is 9.32. The van der Waals surface area contributed by atoms with Gasteiger partial charge in [0.15, 0.2) is 0 Å². The number of benzene rings is 2. The first-order valence-corrected chi connectivity index (χ1v) is 9.32. The zero-order chi connectivity index (χ0) is 17.6. The highest BCUT2D eigenvalue weighted by Crippen LogP contribution is 2.31. The largest absolute Gasteiger partial charge is 0.497 e. The van der Waals surface area contributed by atoms with E-state index >= 15 is 0 Å². The lowest BCUT2D eigenvalue weighted by atomic mass is 9.98. The Morgan fingerprint density at radius 1 is 1.12 bits per heavy atom. The Morgan fingerprint density at radius 2 is 1.92 bits per heavy atom. The van der Waals surface area contributed by atoms with Gasteiger partial charge < -0.3 is 9.84 Å². The van der Waals surface area contributed by atoms with Crippen LogP contribution in [0.4, 0.5) is 0 Å². The number of nitrogens with zero attached hydrogens (tertiary/aromatic N) is 1. The summed E-state index contributed by atoms with van der Waals surface area (Å²) in [5.74, 6) is 0.870. The second kappa shape index (κ2) is 8.50. The van der Waals surface area contributed by atoms with E-state index in [9.17, 15) is 5.11 Å². The van der Waals surface area contributed by atoms with Crippen molar-refractivity contribution < 1.29 is 9.84 Å². The molecule has 1 aliphatic rings. The number of aliphatic hydroxyl groups is 1. The molecule has 0 bridgehead atoms. The van der Waals surface area contributed by atoms with E-state index < -0.39 is 6.10 Å². The van der Waals surface area contributed by atoms with E-state index in [0.717, 1.165) is 43.7 Å². The van der Waals surface area contributed by atoms with Crippen molar-refractivity contribution in [2.24, 2.45) is 0 Å². The van der Waals surface area contributed by atoms with Gasteiger partial charge in [0, 0.05) is 12.6 Å². The van der Waals surface area contributed by atoms with Gasteiger partial charge in [-0.25, -0.2) is 0 Å². The van der Waals surface area contributed by atoms with Crippen LogP contribution in [0.5, 0.6) is 5.75 Å². The Morgan fingerprint density at radius 3 is 2.68 bits per heavy atom. The number of ether oxygens (including phenoxy) is 1. The third-order valence-electron chi connectivity index (χ3n) is 5.37. The molecule has 0 fully saturated rings. The van der Waals surface area contributed by atoms with Crippen molar-refractivity contribution >= 4 is 0 Å². The summed E-state index contributed by atoms with van der Waals surface area (Å²) in [6, 6.07) is 16.9. The van der Waals surface area contributed by atoms with Crippen molar-refractivity contribution in [2.75, 3.05) is 20.2 Å². The molecule has 0 saturated carbocycles. The highest BCUT2D eigenvalue weighted by molar-refractivity contribution is 5.38. The van der Waals surface area contributed by atoms with Gasteiger partial charge in [-0.15, -0.1) is 0 Å². The lowest BCUT2D eigenvalue weighted by Gasteiger charge is -2.30. The van der Waals surface area contributed by atoms with Crippen LogP contribution >= 0.6 is 0 Å². The van der Waals surface area contributed by atoms with Gasteiger partial charge in [0.25, 0.3) is 0 Å². The molecular formula is C22H29NO2. The molecule has 0 aliphatic carbocycles. The molecule has 2 aromatic rings. The number of aliphatic hydroxyl groups excluding tert-OH is 1. The molecule has 3 rings (SSSR count). The standard InChI is InChI=1S/C22H29NO2/c1-17-22(24)21-12-11-20(25-2)16-19(21)13-15-23(17)14-7-6-10-18-8-4-3-5-9-18/h3-5,8-9,11-12,16-17,22,24H,6-7,10,13-15H2,1-2H3/t17-,22+/m0/s1. The summed E-state index contributed by atoms with van der Waals surface area (Å²) in [5.41, 5.74) is 3.68. The summed E-state index contributed by atoms with van der Waals surface area (Å²) in [6.07, 6.45) is 4.00. The molecule has 134 valence electrons. The minimum absolute atomic E-state index is 0.145. The molecule has 1 heterocycles. The van der Waals surface area contributed by atoms with Crippen LogP contribution in [0.25, 0.3) is 0 Å². The zero-order valence-corrected chi connectivity index (χ0v) is 15.3. The number of rotatable bonds is 6. The number of hydrogen-bond donors (Lipinski definition) is 1. The third kappa shape index (κ3) is 4.42. The van der Waals surface area contributed by atoms with Crippen molar-refractivity contribution in [3.8, 4) is 5.75 Å². The fourth-order valence-corrected chi connectivity index (χ4v) is 3.75. The molecule has 0 amide bonds. The summed E-state index contributed by atoms with van der Waals surface area (Å²) in [7, 11) is 1.69.